The summed E-state index contributed by atoms with van der Waals surface area (Å²) in [6.45, 7) is 4.82. The van der Waals surface area contributed by atoms with E-state index in [-0.39, 0.29) is 5.91 Å². The molecule has 1 aromatic heterocycles. The summed E-state index contributed by atoms with van der Waals surface area (Å²) in [6.07, 6.45) is 2.59. The zero-order valence-electron chi connectivity index (χ0n) is 12.1. The summed E-state index contributed by atoms with van der Waals surface area (Å²) < 4.78 is 0. The quantitative estimate of drug-likeness (QED) is 0.873. The minimum Gasteiger partial charge on any atom is -0.370 e. The van der Waals surface area contributed by atoms with Gasteiger partial charge >= 0.3 is 0 Å². The Hall–Kier alpha value is -2.07. The monoisotopic (exact) mass is 303 g/mol. The molecule has 1 heterocycles. The number of hydrogen-bond acceptors (Lipinski definition) is 3. The van der Waals surface area contributed by atoms with Crippen molar-refractivity contribution in [3.63, 3.8) is 0 Å². The van der Waals surface area contributed by atoms with Crippen LogP contribution in [0.3, 0.4) is 0 Å². The zero-order chi connectivity index (χ0) is 15.2. The fraction of sp³-hybridized carbons (Fsp3) is 0.250. The number of halogens is 1. The van der Waals surface area contributed by atoms with Crippen LogP contribution in [-0.4, -0.2) is 17.4 Å². The first kappa shape index (κ1) is 15.3. The van der Waals surface area contributed by atoms with Gasteiger partial charge in [0.2, 0.25) is 0 Å². The standard InChI is InChI=1S/C16H18ClN3O/c1-3-9-18-15-8-7-12(10-19-15)16(21)20-14-6-4-5-13(17)11(14)2/h4-8,10H,3,9H2,1-2H3,(H,18,19)(H,20,21). The summed E-state index contributed by atoms with van der Waals surface area (Å²) in [5, 5.41) is 6.64. The second-order valence-corrected chi connectivity index (χ2v) is 5.13. The molecule has 4 nitrogen and oxygen atoms in total. The number of nitrogens with one attached hydrogen (secondary N) is 2. The van der Waals surface area contributed by atoms with E-state index in [0.717, 1.165) is 24.3 Å². The molecule has 1 aromatic carbocycles. The van der Waals surface area contributed by atoms with E-state index in [1.54, 1.807) is 30.5 Å². The van der Waals surface area contributed by atoms with Crippen molar-refractivity contribution in [3.05, 3.63) is 52.7 Å². The number of benzene rings is 1. The van der Waals surface area contributed by atoms with E-state index in [2.05, 4.69) is 22.5 Å². The van der Waals surface area contributed by atoms with Gasteiger partial charge in [0.15, 0.2) is 0 Å². The summed E-state index contributed by atoms with van der Waals surface area (Å²) in [5.41, 5.74) is 2.07. The van der Waals surface area contributed by atoms with Gasteiger partial charge in [0.25, 0.3) is 5.91 Å². The predicted molar refractivity (Wildman–Crippen MR) is 87.2 cm³/mol. The molecule has 2 N–H and O–H groups in total. The molecule has 0 spiro atoms. The third-order valence-corrected chi connectivity index (χ3v) is 3.51. The van der Waals surface area contributed by atoms with Gasteiger partial charge in [0, 0.05) is 23.5 Å². The highest BCUT2D eigenvalue weighted by atomic mass is 35.5. The summed E-state index contributed by atoms with van der Waals surface area (Å²) >= 11 is 6.04. The lowest BCUT2D eigenvalue weighted by atomic mass is 10.2. The van der Waals surface area contributed by atoms with Gasteiger partial charge in [-0.2, -0.15) is 0 Å². The Balaban J connectivity index is 2.08. The molecule has 2 aromatic rings. The molecule has 0 aliphatic rings. The molecule has 2 rings (SSSR count). The van der Waals surface area contributed by atoms with E-state index >= 15 is 0 Å². The summed E-state index contributed by atoms with van der Waals surface area (Å²) in [6, 6.07) is 8.97. The van der Waals surface area contributed by atoms with Gasteiger partial charge in [0.1, 0.15) is 5.82 Å². The summed E-state index contributed by atoms with van der Waals surface area (Å²) in [5.74, 6) is 0.572. The number of hydrogen-bond donors (Lipinski definition) is 2. The SMILES string of the molecule is CCCNc1ccc(C(=O)Nc2cccc(Cl)c2C)cn1. The van der Waals surface area contributed by atoms with Gasteiger partial charge in [-0.05, 0) is 43.2 Å². The van der Waals surface area contributed by atoms with Crippen LogP contribution in [0, 0.1) is 6.92 Å². The third kappa shape index (κ3) is 3.95. The summed E-state index contributed by atoms with van der Waals surface area (Å²) in [7, 11) is 0. The van der Waals surface area contributed by atoms with E-state index in [0.29, 0.717) is 16.3 Å². The Bertz CT molecular complexity index is 626. The Morgan fingerprint density at radius 2 is 2.10 bits per heavy atom. The fourth-order valence-electron chi connectivity index (χ4n) is 1.82. The second-order valence-electron chi connectivity index (χ2n) is 4.73. The second kappa shape index (κ2) is 7.09. The van der Waals surface area contributed by atoms with Crippen molar-refractivity contribution in [1.82, 2.24) is 4.98 Å². The Labute approximate surface area is 129 Å². The van der Waals surface area contributed by atoms with Gasteiger partial charge < -0.3 is 10.6 Å². The van der Waals surface area contributed by atoms with Crippen molar-refractivity contribution in [2.45, 2.75) is 20.3 Å². The first-order valence-corrected chi connectivity index (χ1v) is 7.26. The molecule has 0 aliphatic carbocycles. The predicted octanol–water partition coefficient (Wildman–Crippen LogP) is 4.12. The van der Waals surface area contributed by atoms with Crippen LogP contribution in [0.25, 0.3) is 0 Å². The normalized spacial score (nSPS) is 10.2. The molecule has 5 heteroatoms. The van der Waals surface area contributed by atoms with E-state index in [1.165, 1.54) is 0 Å². The van der Waals surface area contributed by atoms with Crippen molar-refractivity contribution in [1.29, 1.82) is 0 Å². The largest absolute Gasteiger partial charge is 0.370 e. The molecular formula is C16H18ClN3O. The fourth-order valence-corrected chi connectivity index (χ4v) is 2.00. The van der Waals surface area contributed by atoms with Crippen molar-refractivity contribution < 1.29 is 4.79 Å². The average molecular weight is 304 g/mol. The molecule has 0 unspecified atom stereocenters. The smallest absolute Gasteiger partial charge is 0.257 e. The number of pyridine rings is 1. The van der Waals surface area contributed by atoms with Crippen LogP contribution in [0.2, 0.25) is 5.02 Å². The first-order chi connectivity index (χ1) is 10.1. The molecule has 0 saturated heterocycles. The number of carbonyl (C=O) groups excluding carboxylic acids is 1. The molecule has 110 valence electrons. The molecule has 0 radical (unpaired) electrons. The average Bonchev–Trinajstić information content (AvgIpc) is 2.50. The number of aromatic nitrogens is 1. The first-order valence-electron chi connectivity index (χ1n) is 6.88. The third-order valence-electron chi connectivity index (χ3n) is 3.10. The molecule has 0 aliphatic heterocycles. The van der Waals surface area contributed by atoms with Gasteiger partial charge in [-0.3, -0.25) is 4.79 Å². The maximum atomic E-state index is 12.2. The van der Waals surface area contributed by atoms with Crippen LogP contribution < -0.4 is 10.6 Å². The number of nitrogens with zero attached hydrogens (tertiary/aromatic N) is 1. The molecule has 0 atom stereocenters. The maximum Gasteiger partial charge on any atom is 0.257 e. The van der Waals surface area contributed by atoms with E-state index in [1.807, 2.05) is 13.0 Å². The number of amides is 1. The lowest BCUT2D eigenvalue weighted by molar-refractivity contribution is 0.102. The van der Waals surface area contributed by atoms with Gasteiger partial charge in [-0.15, -0.1) is 0 Å². The molecule has 0 bridgehead atoms. The van der Waals surface area contributed by atoms with Crippen LogP contribution in [-0.2, 0) is 0 Å². The number of carbonyl (C=O) groups is 1. The van der Waals surface area contributed by atoms with Gasteiger partial charge in [-0.25, -0.2) is 4.98 Å². The van der Waals surface area contributed by atoms with E-state index < -0.39 is 0 Å². The number of anilines is 2. The van der Waals surface area contributed by atoms with E-state index in [9.17, 15) is 4.79 Å². The Morgan fingerprint density at radius 1 is 1.29 bits per heavy atom. The highest BCUT2D eigenvalue weighted by Gasteiger charge is 2.09. The van der Waals surface area contributed by atoms with E-state index in [4.69, 9.17) is 11.6 Å². The van der Waals surface area contributed by atoms with Crippen LogP contribution in [0.4, 0.5) is 11.5 Å². The minimum absolute atomic E-state index is 0.199. The lowest BCUT2D eigenvalue weighted by Crippen LogP contribution is -2.13. The summed E-state index contributed by atoms with van der Waals surface area (Å²) in [4.78, 5) is 16.4. The molecule has 0 saturated carbocycles. The van der Waals surface area contributed by atoms with Crippen LogP contribution >= 0.6 is 11.6 Å². The van der Waals surface area contributed by atoms with Gasteiger partial charge in [0.05, 0.1) is 5.56 Å². The van der Waals surface area contributed by atoms with Crippen molar-refractivity contribution in [3.8, 4) is 0 Å². The van der Waals surface area contributed by atoms with Crippen molar-refractivity contribution >= 4 is 29.0 Å². The lowest BCUT2D eigenvalue weighted by Gasteiger charge is -2.10. The van der Waals surface area contributed by atoms with Crippen molar-refractivity contribution in [2.24, 2.45) is 0 Å². The van der Waals surface area contributed by atoms with Crippen LogP contribution in [0.15, 0.2) is 36.5 Å². The Morgan fingerprint density at radius 3 is 2.76 bits per heavy atom. The highest BCUT2D eigenvalue weighted by molar-refractivity contribution is 6.31. The van der Waals surface area contributed by atoms with Crippen LogP contribution in [0.1, 0.15) is 29.3 Å². The minimum atomic E-state index is -0.199. The molecule has 1 amide bonds. The maximum absolute atomic E-state index is 12.2. The molecular weight excluding hydrogens is 286 g/mol. The Kier molecular flexibility index (Phi) is 5.17. The van der Waals surface area contributed by atoms with Crippen molar-refractivity contribution in [2.75, 3.05) is 17.2 Å². The highest BCUT2D eigenvalue weighted by Crippen LogP contribution is 2.23. The topological polar surface area (TPSA) is 54.0 Å². The van der Waals surface area contributed by atoms with Crippen LogP contribution in [0.5, 0.6) is 0 Å². The molecule has 0 fully saturated rings. The van der Waals surface area contributed by atoms with Gasteiger partial charge in [-0.1, -0.05) is 24.6 Å². The number of rotatable bonds is 5. The molecule has 21 heavy (non-hydrogen) atoms. The zero-order valence-corrected chi connectivity index (χ0v) is 12.9.